The van der Waals surface area contributed by atoms with Crippen molar-refractivity contribution in [2.24, 2.45) is 0 Å². The van der Waals surface area contributed by atoms with Crippen LogP contribution in [0.25, 0.3) is 0 Å². The van der Waals surface area contributed by atoms with Crippen molar-refractivity contribution in [1.29, 1.82) is 0 Å². The lowest BCUT2D eigenvalue weighted by atomic mass is 10.1. The van der Waals surface area contributed by atoms with Crippen LogP contribution in [-0.4, -0.2) is 29.9 Å². The molecule has 0 aliphatic carbocycles. The summed E-state index contributed by atoms with van der Waals surface area (Å²) in [4.78, 5) is 18.5. The van der Waals surface area contributed by atoms with Crippen molar-refractivity contribution in [3.63, 3.8) is 0 Å². The summed E-state index contributed by atoms with van der Waals surface area (Å²) in [5.74, 6) is 0.914. The quantitative estimate of drug-likeness (QED) is 0.792. The van der Waals surface area contributed by atoms with Crippen LogP contribution >= 0.6 is 11.8 Å². The first kappa shape index (κ1) is 14.4. The number of thioether (sulfide) groups is 1. The topological polar surface area (TPSA) is 29.5 Å². The fourth-order valence-electron chi connectivity index (χ4n) is 1.98. The Kier molecular flexibility index (Phi) is 5.28. The number of benzene rings is 1. The highest BCUT2D eigenvalue weighted by atomic mass is 32.2. The largest absolute Gasteiger partial charge is 0.273 e. The van der Waals surface area contributed by atoms with E-state index in [0.29, 0.717) is 13.0 Å². The van der Waals surface area contributed by atoms with E-state index in [-0.39, 0.29) is 5.91 Å². The van der Waals surface area contributed by atoms with Gasteiger partial charge in [0.05, 0.1) is 6.61 Å². The van der Waals surface area contributed by atoms with Crippen molar-refractivity contribution in [2.45, 2.75) is 38.0 Å². The summed E-state index contributed by atoms with van der Waals surface area (Å²) in [6, 6.07) is 6.43. The van der Waals surface area contributed by atoms with Crippen LogP contribution in [-0.2, 0) is 9.63 Å². The number of amides is 1. The van der Waals surface area contributed by atoms with E-state index >= 15 is 0 Å². The minimum atomic E-state index is 0.107. The Labute approximate surface area is 119 Å². The van der Waals surface area contributed by atoms with Crippen molar-refractivity contribution >= 4 is 17.7 Å². The molecule has 0 N–H and O–H groups in total. The van der Waals surface area contributed by atoms with Gasteiger partial charge in [-0.05, 0) is 49.9 Å². The zero-order chi connectivity index (χ0) is 13.7. The van der Waals surface area contributed by atoms with E-state index in [0.717, 1.165) is 25.1 Å². The number of carbonyl (C=O) groups is 1. The van der Waals surface area contributed by atoms with Gasteiger partial charge in [-0.3, -0.25) is 9.63 Å². The molecule has 0 aromatic heterocycles. The van der Waals surface area contributed by atoms with Crippen LogP contribution in [0, 0.1) is 13.8 Å². The summed E-state index contributed by atoms with van der Waals surface area (Å²) < 4.78 is 0. The van der Waals surface area contributed by atoms with Crippen LogP contribution in [0.5, 0.6) is 0 Å². The highest BCUT2D eigenvalue weighted by Gasteiger charge is 2.17. The van der Waals surface area contributed by atoms with E-state index in [4.69, 9.17) is 4.84 Å². The molecule has 1 fully saturated rings. The number of hydrogen-bond acceptors (Lipinski definition) is 3. The van der Waals surface area contributed by atoms with Crippen molar-refractivity contribution in [3.8, 4) is 0 Å². The van der Waals surface area contributed by atoms with Crippen LogP contribution in [0.4, 0.5) is 0 Å². The van der Waals surface area contributed by atoms with Crippen molar-refractivity contribution in [1.82, 2.24) is 5.06 Å². The molecule has 104 valence electrons. The number of hydrogen-bond donors (Lipinski definition) is 0. The van der Waals surface area contributed by atoms with Gasteiger partial charge in [0.2, 0.25) is 5.91 Å². The summed E-state index contributed by atoms with van der Waals surface area (Å²) in [5, 5.41) is 1.53. The van der Waals surface area contributed by atoms with Crippen molar-refractivity contribution in [3.05, 3.63) is 29.3 Å². The molecule has 1 aliphatic heterocycles. The molecule has 1 aliphatic rings. The van der Waals surface area contributed by atoms with Gasteiger partial charge in [-0.2, -0.15) is 0 Å². The predicted molar refractivity (Wildman–Crippen MR) is 78.2 cm³/mol. The smallest absolute Gasteiger partial charge is 0.246 e. The normalized spacial score (nSPS) is 15.6. The average molecular weight is 279 g/mol. The Morgan fingerprint density at radius 2 is 2.16 bits per heavy atom. The van der Waals surface area contributed by atoms with Crippen LogP contribution in [0.2, 0.25) is 0 Å². The SMILES string of the molecule is Cc1ccc(SCCC(=O)N2CCCCO2)cc1C. The molecule has 1 aromatic carbocycles. The Bertz CT molecular complexity index is 442. The highest BCUT2D eigenvalue weighted by molar-refractivity contribution is 7.99. The molecule has 1 saturated heterocycles. The highest BCUT2D eigenvalue weighted by Crippen LogP contribution is 2.22. The minimum Gasteiger partial charge on any atom is -0.273 e. The molecule has 4 heteroatoms. The monoisotopic (exact) mass is 279 g/mol. The third-order valence-corrected chi connectivity index (χ3v) is 4.34. The molecule has 0 spiro atoms. The average Bonchev–Trinajstić information content (AvgIpc) is 2.43. The lowest BCUT2D eigenvalue weighted by Gasteiger charge is -2.25. The van der Waals surface area contributed by atoms with Gasteiger partial charge in [0.15, 0.2) is 0 Å². The van der Waals surface area contributed by atoms with Crippen LogP contribution in [0.1, 0.15) is 30.4 Å². The van der Waals surface area contributed by atoms with Gasteiger partial charge in [0.25, 0.3) is 0 Å². The van der Waals surface area contributed by atoms with Crippen LogP contribution < -0.4 is 0 Å². The molecule has 1 heterocycles. The summed E-state index contributed by atoms with van der Waals surface area (Å²) in [7, 11) is 0. The number of hydroxylamine groups is 2. The second kappa shape index (κ2) is 6.96. The number of rotatable bonds is 4. The van der Waals surface area contributed by atoms with Gasteiger partial charge in [0, 0.05) is 23.6 Å². The van der Waals surface area contributed by atoms with Gasteiger partial charge in [-0.1, -0.05) is 6.07 Å². The summed E-state index contributed by atoms with van der Waals surface area (Å²) >= 11 is 1.73. The van der Waals surface area contributed by atoms with Gasteiger partial charge in [-0.25, -0.2) is 5.06 Å². The fourth-order valence-corrected chi connectivity index (χ4v) is 2.91. The molecule has 0 radical (unpaired) electrons. The Morgan fingerprint density at radius 1 is 1.32 bits per heavy atom. The fraction of sp³-hybridized carbons (Fsp3) is 0.533. The third kappa shape index (κ3) is 4.25. The van der Waals surface area contributed by atoms with Crippen LogP contribution in [0.3, 0.4) is 0 Å². The van der Waals surface area contributed by atoms with Gasteiger partial charge >= 0.3 is 0 Å². The maximum Gasteiger partial charge on any atom is 0.246 e. The summed E-state index contributed by atoms with van der Waals surface area (Å²) in [5.41, 5.74) is 2.61. The second-order valence-electron chi connectivity index (χ2n) is 4.88. The van der Waals surface area contributed by atoms with E-state index in [1.165, 1.54) is 21.1 Å². The molecule has 0 unspecified atom stereocenters. The van der Waals surface area contributed by atoms with Crippen molar-refractivity contribution in [2.75, 3.05) is 18.9 Å². The Morgan fingerprint density at radius 3 is 2.84 bits per heavy atom. The van der Waals surface area contributed by atoms with E-state index in [9.17, 15) is 4.79 Å². The first-order valence-corrected chi connectivity index (χ1v) is 7.79. The molecule has 2 rings (SSSR count). The minimum absolute atomic E-state index is 0.107. The maximum absolute atomic E-state index is 11.9. The Hall–Kier alpha value is -1.00. The molecule has 1 aromatic rings. The Balaban J connectivity index is 1.76. The van der Waals surface area contributed by atoms with Gasteiger partial charge in [-0.15, -0.1) is 11.8 Å². The van der Waals surface area contributed by atoms with E-state index in [1.54, 1.807) is 11.8 Å². The number of nitrogens with zero attached hydrogens (tertiary/aromatic N) is 1. The molecule has 0 bridgehead atoms. The van der Waals surface area contributed by atoms with E-state index in [2.05, 4.69) is 32.0 Å². The first-order chi connectivity index (χ1) is 9.16. The third-order valence-electron chi connectivity index (χ3n) is 3.34. The molecule has 0 atom stereocenters. The molecular formula is C15H21NO2S. The molecule has 3 nitrogen and oxygen atoms in total. The molecule has 19 heavy (non-hydrogen) atoms. The zero-order valence-electron chi connectivity index (χ0n) is 11.6. The molecule has 0 saturated carbocycles. The van der Waals surface area contributed by atoms with E-state index in [1.807, 2.05) is 0 Å². The lowest BCUT2D eigenvalue weighted by molar-refractivity contribution is -0.196. The second-order valence-corrected chi connectivity index (χ2v) is 6.05. The van der Waals surface area contributed by atoms with Gasteiger partial charge < -0.3 is 0 Å². The van der Waals surface area contributed by atoms with Gasteiger partial charge in [0.1, 0.15) is 0 Å². The van der Waals surface area contributed by atoms with Crippen LogP contribution in [0.15, 0.2) is 23.1 Å². The van der Waals surface area contributed by atoms with E-state index < -0.39 is 0 Å². The summed E-state index contributed by atoms with van der Waals surface area (Å²) in [6.45, 7) is 5.65. The standard InChI is InChI=1S/C15H21NO2S/c1-12-5-6-14(11-13(12)2)19-10-7-15(17)16-8-3-4-9-18-16/h5-6,11H,3-4,7-10H2,1-2H3. The number of aryl methyl sites for hydroxylation is 2. The lowest BCUT2D eigenvalue weighted by Crippen LogP contribution is -2.35. The first-order valence-electron chi connectivity index (χ1n) is 6.80. The predicted octanol–water partition coefficient (Wildman–Crippen LogP) is 3.34. The summed E-state index contributed by atoms with van der Waals surface area (Å²) in [6.07, 6.45) is 2.65. The molecule has 1 amide bonds. The number of carbonyl (C=O) groups excluding carboxylic acids is 1. The maximum atomic E-state index is 11.9. The van der Waals surface area contributed by atoms with Crippen molar-refractivity contribution < 1.29 is 9.63 Å². The zero-order valence-corrected chi connectivity index (χ0v) is 12.5. The molecular weight excluding hydrogens is 258 g/mol.